The predicted octanol–water partition coefficient (Wildman–Crippen LogP) is 11.6. The summed E-state index contributed by atoms with van der Waals surface area (Å²) in [6, 6.07) is 53.7. The maximum atomic E-state index is 7.34. The van der Waals surface area contributed by atoms with Crippen LogP contribution in [0.3, 0.4) is 0 Å². The molecular formula is C53H55ClO6. The molecule has 0 saturated carbocycles. The molecule has 1 fully saturated rings. The molecule has 1 aliphatic rings. The summed E-state index contributed by atoms with van der Waals surface area (Å²) in [5, 5.41) is 0.664. The first-order chi connectivity index (χ1) is 29.6. The highest BCUT2D eigenvalue weighted by Crippen LogP contribution is 2.41. The van der Waals surface area contributed by atoms with Crippen molar-refractivity contribution in [2.45, 2.75) is 83.3 Å². The second-order valence-corrected chi connectivity index (χ2v) is 15.6. The normalized spacial score (nSPS) is 18.9. The SMILES string of the molecule is C=CCOCc1cc(Cl)c(Cc2ccc(CC)cc2)cc1[C@@H]1O[C@H](COCc2ccccc2)[C@@H](OCc2ccccc2)[C@H](OCc2ccccc2)[C@H]1OCc1ccccc1. The Morgan fingerprint density at radius 3 is 1.57 bits per heavy atom. The molecule has 7 heteroatoms. The molecule has 310 valence electrons. The number of ether oxygens (including phenoxy) is 6. The highest BCUT2D eigenvalue weighted by Gasteiger charge is 2.49. The molecule has 6 aromatic carbocycles. The first kappa shape index (κ1) is 43.2. The molecule has 0 spiro atoms. The highest BCUT2D eigenvalue weighted by molar-refractivity contribution is 6.31. The van der Waals surface area contributed by atoms with Crippen LogP contribution in [0.5, 0.6) is 0 Å². The molecule has 0 amide bonds. The van der Waals surface area contributed by atoms with Crippen LogP contribution in [-0.2, 0) is 74.3 Å². The molecule has 0 N–H and O–H groups in total. The van der Waals surface area contributed by atoms with E-state index in [-0.39, 0.29) is 6.61 Å². The van der Waals surface area contributed by atoms with Crippen LogP contribution in [0.15, 0.2) is 170 Å². The van der Waals surface area contributed by atoms with Gasteiger partial charge in [-0.05, 0) is 69.0 Å². The highest BCUT2D eigenvalue weighted by atomic mass is 35.5. The number of hydrogen-bond donors (Lipinski definition) is 0. The van der Waals surface area contributed by atoms with Crippen molar-refractivity contribution in [1.29, 1.82) is 0 Å². The van der Waals surface area contributed by atoms with Gasteiger partial charge in [0, 0.05) is 5.02 Å². The standard InChI is InChI=1S/C53H55ClO6/c1-3-29-55-37-46-32-48(54)45(30-40-27-25-39(4-2)26-28-40)31-47(46)50-52(58-35-43-21-13-7-14-22-43)53(59-36-44-23-15-8-16-24-44)51(57-34-42-19-11-6-12-20-42)49(60-50)38-56-33-41-17-9-5-10-18-41/h3,5-28,31-32,49-53H,1,4,29-30,33-38H2,2H3/t49-,50+,51-,52+,53+/m1/s1. The van der Waals surface area contributed by atoms with Gasteiger partial charge in [0.2, 0.25) is 0 Å². The van der Waals surface area contributed by atoms with Crippen LogP contribution in [0.2, 0.25) is 5.02 Å². The average Bonchev–Trinajstić information content (AvgIpc) is 3.29. The molecule has 0 aromatic heterocycles. The summed E-state index contributed by atoms with van der Waals surface area (Å²) >= 11 is 7.15. The summed E-state index contributed by atoms with van der Waals surface area (Å²) in [4.78, 5) is 0. The Morgan fingerprint density at radius 1 is 0.533 bits per heavy atom. The molecule has 60 heavy (non-hydrogen) atoms. The number of hydrogen-bond acceptors (Lipinski definition) is 6. The lowest BCUT2D eigenvalue weighted by Crippen LogP contribution is -2.58. The second kappa shape index (κ2) is 22.6. The first-order valence-corrected chi connectivity index (χ1v) is 21.3. The molecule has 1 saturated heterocycles. The lowest BCUT2D eigenvalue weighted by atomic mass is 9.87. The average molecular weight is 823 g/mol. The van der Waals surface area contributed by atoms with Crippen LogP contribution in [0, 0.1) is 0 Å². The van der Waals surface area contributed by atoms with Crippen molar-refractivity contribution < 1.29 is 28.4 Å². The van der Waals surface area contributed by atoms with E-state index in [1.807, 2.05) is 78.9 Å². The van der Waals surface area contributed by atoms with E-state index in [0.29, 0.717) is 51.1 Å². The number of aryl methyl sites for hydroxylation is 1. The van der Waals surface area contributed by atoms with E-state index >= 15 is 0 Å². The zero-order valence-electron chi connectivity index (χ0n) is 34.4. The Bertz CT molecular complexity index is 2170. The third kappa shape index (κ3) is 12.1. The third-order valence-electron chi connectivity index (χ3n) is 10.8. The number of rotatable bonds is 21. The van der Waals surface area contributed by atoms with Gasteiger partial charge in [0.1, 0.15) is 30.5 Å². The Kier molecular flexibility index (Phi) is 16.3. The monoisotopic (exact) mass is 822 g/mol. The smallest absolute Gasteiger partial charge is 0.117 e. The molecule has 6 aromatic rings. The van der Waals surface area contributed by atoms with Gasteiger partial charge < -0.3 is 28.4 Å². The van der Waals surface area contributed by atoms with Crippen LogP contribution in [0.25, 0.3) is 0 Å². The lowest BCUT2D eigenvalue weighted by molar-refractivity contribution is -0.275. The first-order valence-electron chi connectivity index (χ1n) is 20.9. The Morgan fingerprint density at radius 2 is 1.03 bits per heavy atom. The summed E-state index contributed by atoms with van der Waals surface area (Å²) in [7, 11) is 0. The fourth-order valence-electron chi connectivity index (χ4n) is 7.61. The van der Waals surface area contributed by atoms with Gasteiger partial charge >= 0.3 is 0 Å². The number of halogens is 1. The fraction of sp³-hybridized carbons (Fsp3) is 0.283. The van der Waals surface area contributed by atoms with E-state index in [1.54, 1.807) is 6.08 Å². The summed E-state index contributed by atoms with van der Waals surface area (Å²) in [5.41, 5.74) is 9.46. The summed E-state index contributed by atoms with van der Waals surface area (Å²) in [5.74, 6) is 0. The minimum Gasteiger partial charge on any atom is -0.374 e. The molecule has 0 aliphatic carbocycles. The topological polar surface area (TPSA) is 55.4 Å². The van der Waals surface area contributed by atoms with Crippen LogP contribution in [-0.4, -0.2) is 37.6 Å². The molecule has 6 nitrogen and oxygen atoms in total. The second-order valence-electron chi connectivity index (χ2n) is 15.2. The van der Waals surface area contributed by atoms with Crippen molar-refractivity contribution in [3.8, 4) is 0 Å². The van der Waals surface area contributed by atoms with Gasteiger partial charge in [-0.25, -0.2) is 0 Å². The quantitative estimate of drug-likeness (QED) is 0.0532. The van der Waals surface area contributed by atoms with Crippen molar-refractivity contribution in [3.63, 3.8) is 0 Å². The largest absolute Gasteiger partial charge is 0.374 e. The maximum absolute atomic E-state index is 7.34. The van der Waals surface area contributed by atoms with Crippen molar-refractivity contribution >= 4 is 11.6 Å². The van der Waals surface area contributed by atoms with Crippen LogP contribution in [0.4, 0.5) is 0 Å². The van der Waals surface area contributed by atoms with E-state index in [4.69, 9.17) is 40.0 Å². The summed E-state index contributed by atoms with van der Waals surface area (Å²) in [6.07, 6.45) is 0.465. The minimum absolute atomic E-state index is 0.258. The maximum Gasteiger partial charge on any atom is 0.117 e. The minimum atomic E-state index is -0.615. The van der Waals surface area contributed by atoms with Crippen molar-refractivity contribution in [2.75, 3.05) is 13.2 Å². The third-order valence-corrected chi connectivity index (χ3v) is 11.2. The van der Waals surface area contributed by atoms with Crippen LogP contribution in [0.1, 0.15) is 63.1 Å². The van der Waals surface area contributed by atoms with Crippen molar-refractivity contribution in [3.05, 3.63) is 225 Å². The summed E-state index contributed by atoms with van der Waals surface area (Å²) in [6.45, 7) is 8.45. The van der Waals surface area contributed by atoms with Gasteiger partial charge in [-0.3, -0.25) is 0 Å². The molecule has 5 atom stereocenters. The van der Waals surface area contributed by atoms with E-state index in [1.165, 1.54) is 11.1 Å². The Labute approximate surface area is 360 Å². The molecular weight excluding hydrogens is 768 g/mol. The zero-order chi connectivity index (χ0) is 41.4. The molecule has 0 radical (unpaired) electrons. The predicted molar refractivity (Wildman–Crippen MR) is 239 cm³/mol. The van der Waals surface area contributed by atoms with E-state index in [2.05, 4.69) is 92.4 Å². The van der Waals surface area contributed by atoms with Crippen LogP contribution >= 0.6 is 11.6 Å². The van der Waals surface area contributed by atoms with Gasteiger partial charge in [-0.2, -0.15) is 0 Å². The molecule has 7 rings (SSSR count). The van der Waals surface area contributed by atoms with Crippen molar-refractivity contribution in [2.24, 2.45) is 0 Å². The van der Waals surface area contributed by atoms with Gasteiger partial charge in [0.15, 0.2) is 0 Å². The Balaban J connectivity index is 1.32. The molecule has 0 unspecified atom stereocenters. The zero-order valence-corrected chi connectivity index (χ0v) is 35.1. The van der Waals surface area contributed by atoms with E-state index < -0.39 is 30.5 Å². The summed E-state index contributed by atoms with van der Waals surface area (Å²) < 4.78 is 41.1. The van der Waals surface area contributed by atoms with Gasteiger partial charge in [-0.1, -0.05) is 176 Å². The van der Waals surface area contributed by atoms with Gasteiger partial charge in [0.25, 0.3) is 0 Å². The molecule has 0 bridgehead atoms. The van der Waals surface area contributed by atoms with Crippen LogP contribution < -0.4 is 0 Å². The van der Waals surface area contributed by atoms with Crippen molar-refractivity contribution in [1.82, 2.24) is 0 Å². The Hall–Kier alpha value is -4.89. The molecule has 1 aliphatic heterocycles. The lowest BCUT2D eigenvalue weighted by Gasteiger charge is -2.47. The van der Waals surface area contributed by atoms with E-state index in [9.17, 15) is 0 Å². The number of benzene rings is 6. The fourth-order valence-corrected chi connectivity index (χ4v) is 7.86. The van der Waals surface area contributed by atoms with Gasteiger partial charge in [0.05, 0.1) is 46.2 Å². The van der Waals surface area contributed by atoms with Gasteiger partial charge in [-0.15, -0.1) is 6.58 Å². The molecule has 1 heterocycles. The van der Waals surface area contributed by atoms with E-state index in [0.717, 1.165) is 45.4 Å².